The summed E-state index contributed by atoms with van der Waals surface area (Å²) in [5.41, 5.74) is 5.67. The van der Waals surface area contributed by atoms with Crippen LogP contribution in [0.2, 0.25) is 0 Å². The van der Waals surface area contributed by atoms with Crippen LogP contribution < -0.4 is 20.5 Å². The molecule has 1 rings (SSSR count). The van der Waals surface area contributed by atoms with Crippen LogP contribution in [0.4, 0.5) is 9.18 Å². The standard InChI is InChI=1S/C13H17FN2O3/c1-2-16-13(17)19-12-5-3-11(4-6-12)18-9-10(7-14)8-15/h3-7H,2,8-9,15H2,1H3,(H,16,17). The van der Waals surface area contributed by atoms with E-state index in [2.05, 4.69) is 5.32 Å². The molecule has 0 saturated carbocycles. The summed E-state index contributed by atoms with van der Waals surface area (Å²) in [6.45, 7) is 2.49. The van der Waals surface area contributed by atoms with Gasteiger partial charge in [-0.2, -0.15) is 0 Å². The highest BCUT2D eigenvalue weighted by atomic mass is 19.1. The fraction of sp³-hybridized carbons (Fsp3) is 0.308. The van der Waals surface area contributed by atoms with E-state index in [-0.39, 0.29) is 13.2 Å². The van der Waals surface area contributed by atoms with Crippen molar-refractivity contribution in [2.24, 2.45) is 5.73 Å². The number of hydrogen-bond donors (Lipinski definition) is 2. The number of halogens is 1. The molecule has 6 heteroatoms. The molecule has 0 saturated heterocycles. The molecule has 0 aromatic heterocycles. The number of benzene rings is 1. The molecular weight excluding hydrogens is 251 g/mol. The average molecular weight is 268 g/mol. The minimum atomic E-state index is -0.512. The lowest BCUT2D eigenvalue weighted by atomic mass is 10.3. The summed E-state index contributed by atoms with van der Waals surface area (Å²) in [7, 11) is 0. The quantitative estimate of drug-likeness (QED) is 0.827. The number of carbonyl (C=O) groups excluding carboxylic acids is 1. The highest BCUT2D eigenvalue weighted by molar-refractivity contribution is 5.70. The predicted molar refractivity (Wildman–Crippen MR) is 69.9 cm³/mol. The first-order valence-electron chi connectivity index (χ1n) is 5.86. The molecule has 1 amide bonds. The van der Waals surface area contributed by atoms with E-state index in [1.54, 1.807) is 31.2 Å². The molecule has 0 atom stereocenters. The number of rotatable bonds is 6. The summed E-state index contributed by atoms with van der Waals surface area (Å²) < 4.78 is 22.5. The maximum absolute atomic E-state index is 12.3. The second kappa shape index (κ2) is 8.10. The molecule has 5 nitrogen and oxygen atoms in total. The number of hydrogen-bond acceptors (Lipinski definition) is 4. The van der Waals surface area contributed by atoms with Gasteiger partial charge in [0, 0.05) is 18.7 Å². The van der Waals surface area contributed by atoms with E-state index in [1.807, 2.05) is 0 Å². The Labute approximate surface area is 111 Å². The van der Waals surface area contributed by atoms with Crippen LogP contribution in [-0.4, -0.2) is 25.8 Å². The fourth-order valence-corrected chi connectivity index (χ4v) is 1.20. The second-order valence-electron chi connectivity index (χ2n) is 3.65. The van der Waals surface area contributed by atoms with Crippen molar-refractivity contribution in [2.45, 2.75) is 6.92 Å². The number of ether oxygens (including phenoxy) is 2. The molecule has 0 bridgehead atoms. The zero-order valence-corrected chi connectivity index (χ0v) is 10.7. The molecule has 104 valence electrons. The van der Waals surface area contributed by atoms with E-state index >= 15 is 0 Å². The normalized spacial score (nSPS) is 11.0. The Balaban J connectivity index is 2.50. The Hall–Kier alpha value is -2.08. The highest BCUT2D eigenvalue weighted by Gasteiger charge is 2.03. The van der Waals surface area contributed by atoms with Crippen molar-refractivity contribution in [3.63, 3.8) is 0 Å². The van der Waals surface area contributed by atoms with Crippen molar-refractivity contribution in [3.05, 3.63) is 36.2 Å². The molecule has 0 aliphatic rings. The third-order valence-electron chi connectivity index (χ3n) is 2.20. The van der Waals surface area contributed by atoms with Gasteiger partial charge in [-0.1, -0.05) is 0 Å². The van der Waals surface area contributed by atoms with Crippen LogP contribution in [0.25, 0.3) is 0 Å². The third-order valence-corrected chi connectivity index (χ3v) is 2.20. The zero-order valence-electron chi connectivity index (χ0n) is 10.7. The van der Waals surface area contributed by atoms with Crippen LogP contribution >= 0.6 is 0 Å². The molecule has 0 heterocycles. The van der Waals surface area contributed by atoms with Gasteiger partial charge in [0.05, 0.1) is 6.33 Å². The van der Waals surface area contributed by atoms with E-state index in [1.165, 1.54) is 0 Å². The molecule has 19 heavy (non-hydrogen) atoms. The van der Waals surface area contributed by atoms with Gasteiger partial charge in [-0.3, -0.25) is 0 Å². The van der Waals surface area contributed by atoms with Crippen molar-refractivity contribution in [3.8, 4) is 11.5 Å². The zero-order chi connectivity index (χ0) is 14.1. The molecule has 0 fully saturated rings. The molecule has 0 aliphatic carbocycles. The van der Waals surface area contributed by atoms with E-state index in [9.17, 15) is 9.18 Å². The van der Waals surface area contributed by atoms with E-state index in [0.29, 0.717) is 29.9 Å². The van der Waals surface area contributed by atoms with E-state index < -0.39 is 6.09 Å². The van der Waals surface area contributed by atoms with Crippen molar-refractivity contribution >= 4 is 6.09 Å². The predicted octanol–water partition coefficient (Wildman–Crippen LogP) is 1.99. The number of nitrogens with one attached hydrogen (secondary N) is 1. The van der Waals surface area contributed by atoms with Gasteiger partial charge in [-0.25, -0.2) is 9.18 Å². The summed E-state index contributed by atoms with van der Waals surface area (Å²) in [5.74, 6) is 0.939. The molecule has 0 aliphatic heterocycles. The molecule has 3 N–H and O–H groups in total. The first-order valence-corrected chi connectivity index (χ1v) is 5.86. The first kappa shape index (κ1) is 15.0. The number of carbonyl (C=O) groups is 1. The minimum Gasteiger partial charge on any atom is -0.489 e. The lowest BCUT2D eigenvalue weighted by molar-refractivity contribution is 0.201. The third kappa shape index (κ3) is 5.39. The lowest BCUT2D eigenvalue weighted by Crippen LogP contribution is -2.26. The van der Waals surface area contributed by atoms with Crippen LogP contribution in [0.5, 0.6) is 11.5 Å². The first-order chi connectivity index (χ1) is 9.19. The lowest BCUT2D eigenvalue weighted by Gasteiger charge is -2.08. The number of nitrogens with two attached hydrogens (primary N) is 1. The Bertz CT molecular complexity index is 432. The van der Waals surface area contributed by atoms with Crippen LogP contribution in [0.3, 0.4) is 0 Å². The fourth-order valence-electron chi connectivity index (χ4n) is 1.20. The van der Waals surface area contributed by atoms with Crippen molar-refractivity contribution in [1.82, 2.24) is 5.32 Å². The maximum Gasteiger partial charge on any atom is 0.412 e. The molecule has 1 aromatic rings. The van der Waals surface area contributed by atoms with Gasteiger partial charge < -0.3 is 20.5 Å². The molecule has 0 spiro atoms. The minimum absolute atomic E-state index is 0.0868. The van der Waals surface area contributed by atoms with Crippen LogP contribution in [0.15, 0.2) is 36.2 Å². The summed E-state index contributed by atoms with van der Waals surface area (Å²) in [5, 5.41) is 2.51. The SMILES string of the molecule is CCNC(=O)Oc1ccc(OCC(=CF)CN)cc1. The highest BCUT2D eigenvalue weighted by Crippen LogP contribution is 2.18. The van der Waals surface area contributed by atoms with Crippen molar-refractivity contribution < 1.29 is 18.7 Å². The van der Waals surface area contributed by atoms with Gasteiger partial charge in [0.2, 0.25) is 0 Å². The van der Waals surface area contributed by atoms with Gasteiger partial charge in [-0.15, -0.1) is 0 Å². The number of amides is 1. The van der Waals surface area contributed by atoms with E-state index in [4.69, 9.17) is 15.2 Å². The van der Waals surface area contributed by atoms with Crippen molar-refractivity contribution in [1.29, 1.82) is 0 Å². The monoisotopic (exact) mass is 268 g/mol. The van der Waals surface area contributed by atoms with Crippen molar-refractivity contribution in [2.75, 3.05) is 19.7 Å². The van der Waals surface area contributed by atoms with Gasteiger partial charge >= 0.3 is 6.09 Å². The Kier molecular flexibility index (Phi) is 6.38. The smallest absolute Gasteiger partial charge is 0.412 e. The topological polar surface area (TPSA) is 73.6 Å². The van der Waals surface area contributed by atoms with Gasteiger partial charge in [0.1, 0.15) is 18.1 Å². The summed E-state index contributed by atoms with van der Waals surface area (Å²) in [6, 6.07) is 6.43. The molecule has 1 aromatic carbocycles. The van der Waals surface area contributed by atoms with Gasteiger partial charge in [0.15, 0.2) is 0 Å². The largest absolute Gasteiger partial charge is 0.489 e. The second-order valence-corrected chi connectivity index (χ2v) is 3.65. The van der Waals surface area contributed by atoms with Crippen LogP contribution in [-0.2, 0) is 0 Å². The molecule has 0 unspecified atom stereocenters. The van der Waals surface area contributed by atoms with Crippen LogP contribution in [0, 0.1) is 0 Å². The average Bonchev–Trinajstić information content (AvgIpc) is 2.42. The molecular formula is C13H17FN2O3. The Morgan fingerprint density at radius 2 is 2.00 bits per heavy atom. The Morgan fingerprint density at radius 1 is 1.37 bits per heavy atom. The van der Waals surface area contributed by atoms with E-state index in [0.717, 1.165) is 0 Å². The summed E-state index contributed by atoms with van der Waals surface area (Å²) in [6.07, 6.45) is -0.0750. The summed E-state index contributed by atoms with van der Waals surface area (Å²) in [4.78, 5) is 11.2. The maximum atomic E-state index is 12.3. The molecule has 0 radical (unpaired) electrons. The Morgan fingerprint density at radius 3 is 2.53 bits per heavy atom. The van der Waals surface area contributed by atoms with Gasteiger partial charge in [0.25, 0.3) is 0 Å². The van der Waals surface area contributed by atoms with Crippen LogP contribution in [0.1, 0.15) is 6.92 Å². The summed E-state index contributed by atoms with van der Waals surface area (Å²) >= 11 is 0. The van der Waals surface area contributed by atoms with Gasteiger partial charge in [-0.05, 0) is 31.2 Å².